The molecule has 2 heterocycles. The van der Waals surface area contributed by atoms with E-state index >= 15 is 0 Å². The Labute approximate surface area is 151 Å². The third kappa shape index (κ3) is 3.67. The molecule has 0 saturated heterocycles. The standard InChI is InChI=1S/C18H23N5OS/c19-13-8-11-4-3-5-12(9-13)16(11)23-17(24)14-10-25-18(21-14)22-15-6-1-2-7-20-15/h1-2,6-7,10-13,16H,3-5,8-9,19H2,(H,23,24)(H,20,21,22). The van der Waals surface area contributed by atoms with Crippen molar-refractivity contribution in [2.24, 2.45) is 17.6 Å². The summed E-state index contributed by atoms with van der Waals surface area (Å²) in [5, 5.41) is 8.84. The topological polar surface area (TPSA) is 92.9 Å². The summed E-state index contributed by atoms with van der Waals surface area (Å²) in [7, 11) is 0. The summed E-state index contributed by atoms with van der Waals surface area (Å²) in [6.07, 6.45) is 7.34. The number of carbonyl (C=O) groups is 1. The van der Waals surface area contributed by atoms with Gasteiger partial charge in [-0.15, -0.1) is 11.3 Å². The van der Waals surface area contributed by atoms with Gasteiger partial charge < -0.3 is 16.4 Å². The number of carbonyl (C=O) groups excluding carboxylic acids is 1. The van der Waals surface area contributed by atoms with Gasteiger partial charge in [-0.25, -0.2) is 9.97 Å². The Morgan fingerprint density at radius 3 is 2.76 bits per heavy atom. The molecule has 2 aromatic heterocycles. The van der Waals surface area contributed by atoms with E-state index in [4.69, 9.17) is 5.73 Å². The maximum atomic E-state index is 12.6. The summed E-state index contributed by atoms with van der Waals surface area (Å²) in [6.45, 7) is 0. The minimum absolute atomic E-state index is 0.0808. The Morgan fingerprint density at radius 1 is 1.24 bits per heavy atom. The van der Waals surface area contributed by atoms with Gasteiger partial charge in [-0.1, -0.05) is 12.5 Å². The van der Waals surface area contributed by atoms with Crippen LogP contribution in [0.1, 0.15) is 42.6 Å². The molecule has 2 aliphatic rings. The van der Waals surface area contributed by atoms with E-state index in [0.29, 0.717) is 22.7 Å². The highest BCUT2D eigenvalue weighted by molar-refractivity contribution is 7.14. The zero-order valence-corrected chi connectivity index (χ0v) is 14.8. The summed E-state index contributed by atoms with van der Waals surface area (Å²) < 4.78 is 0. The number of rotatable bonds is 4. The summed E-state index contributed by atoms with van der Waals surface area (Å²) in [4.78, 5) is 21.3. The number of hydrogen-bond donors (Lipinski definition) is 3. The van der Waals surface area contributed by atoms with Crippen LogP contribution in [0.5, 0.6) is 0 Å². The highest BCUT2D eigenvalue weighted by Gasteiger charge is 2.40. The minimum Gasteiger partial charge on any atom is -0.347 e. The van der Waals surface area contributed by atoms with Gasteiger partial charge in [-0.2, -0.15) is 0 Å². The first-order valence-electron chi connectivity index (χ1n) is 8.89. The van der Waals surface area contributed by atoms with Gasteiger partial charge in [0.25, 0.3) is 5.91 Å². The normalized spacial score (nSPS) is 28.4. The molecule has 2 saturated carbocycles. The molecule has 0 aromatic carbocycles. The molecule has 2 aliphatic carbocycles. The van der Waals surface area contributed by atoms with Gasteiger partial charge in [0.15, 0.2) is 5.13 Å². The Balaban J connectivity index is 1.42. The van der Waals surface area contributed by atoms with Crippen LogP contribution < -0.4 is 16.4 Å². The molecular weight excluding hydrogens is 334 g/mol. The van der Waals surface area contributed by atoms with Crippen molar-refractivity contribution in [2.75, 3.05) is 5.32 Å². The molecule has 2 fully saturated rings. The molecule has 2 aromatic rings. The maximum Gasteiger partial charge on any atom is 0.271 e. The van der Waals surface area contributed by atoms with Gasteiger partial charge in [0, 0.05) is 23.7 Å². The third-order valence-corrected chi connectivity index (χ3v) is 6.07. The molecule has 6 nitrogen and oxygen atoms in total. The van der Waals surface area contributed by atoms with Crippen LogP contribution in [0, 0.1) is 11.8 Å². The van der Waals surface area contributed by atoms with Crippen molar-refractivity contribution in [1.29, 1.82) is 0 Å². The number of nitrogens with one attached hydrogen (secondary N) is 2. The van der Waals surface area contributed by atoms with E-state index in [-0.39, 0.29) is 18.0 Å². The molecule has 2 atom stereocenters. The van der Waals surface area contributed by atoms with Crippen molar-refractivity contribution in [2.45, 2.75) is 44.2 Å². The summed E-state index contributed by atoms with van der Waals surface area (Å²) in [5.74, 6) is 1.66. The van der Waals surface area contributed by atoms with Crippen LogP contribution in [0.2, 0.25) is 0 Å². The van der Waals surface area contributed by atoms with Crippen LogP contribution in [-0.4, -0.2) is 28.0 Å². The van der Waals surface area contributed by atoms with Gasteiger partial charge >= 0.3 is 0 Å². The minimum atomic E-state index is -0.0808. The van der Waals surface area contributed by atoms with E-state index in [1.54, 1.807) is 11.6 Å². The Hall–Kier alpha value is -1.99. The van der Waals surface area contributed by atoms with Crippen molar-refractivity contribution in [1.82, 2.24) is 15.3 Å². The first-order valence-corrected chi connectivity index (χ1v) is 9.77. The number of aromatic nitrogens is 2. The lowest BCUT2D eigenvalue weighted by Crippen LogP contribution is -2.53. The van der Waals surface area contributed by atoms with Crippen molar-refractivity contribution in [3.63, 3.8) is 0 Å². The maximum absolute atomic E-state index is 12.6. The number of anilines is 2. The first-order chi connectivity index (χ1) is 12.2. The molecule has 2 unspecified atom stereocenters. The molecule has 25 heavy (non-hydrogen) atoms. The predicted octanol–water partition coefficient (Wildman–Crippen LogP) is 2.92. The fourth-order valence-electron chi connectivity index (χ4n) is 4.23. The quantitative estimate of drug-likeness (QED) is 0.782. The Morgan fingerprint density at radius 2 is 2.04 bits per heavy atom. The first kappa shape index (κ1) is 16.5. The summed E-state index contributed by atoms with van der Waals surface area (Å²) in [5.41, 5.74) is 6.64. The number of hydrogen-bond acceptors (Lipinski definition) is 6. The lowest BCUT2D eigenvalue weighted by atomic mass is 9.67. The highest BCUT2D eigenvalue weighted by atomic mass is 32.1. The van der Waals surface area contributed by atoms with Crippen LogP contribution in [-0.2, 0) is 0 Å². The lowest BCUT2D eigenvalue weighted by Gasteiger charge is -2.45. The SMILES string of the molecule is NC1CC2CCCC(C1)C2NC(=O)c1csc(Nc2ccccn2)n1. The fourth-order valence-corrected chi connectivity index (χ4v) is 4.93. The molecular formula is C18H23N5OS. The lowest BCUT2D eigenvalue weighted by molar-refractivity contribution is 0.0752. The Kier molecular flexibility index (Phi) is 4.67. The van der Waals surface area contributed by atoms with E-state index in [2.05, 4.69) is 20.6 Å². The van der Waals surface area contributed by atoms with E-state index in [9.17, 15) is 4.79 Å². The van der Waals surface area contributed by atoms with E-state index in [1.165, 1.54) is 30.6 Å². The van der Waals surface area contributed by atoms with Crippen molar-refractivity contribution >= 4 is 28.2 Å². The molecule has 7 heteroatoms. The number of nitrogens with two attached hydrogens (primary N) is 1. The number of thiazole rings is 1. The predicted molar refractivity (Wildman–Crippen MR) is 98.9 cm³/mol. The molecule has 4 N–H and O–H groups in total. The molecule has 0 spiro atoms. The number of fused-ring (bicyclic) bond motifs is 2. The second kappa shape index (κ2) is 7.09. The van der Waals surface area contributed by atoms with E-state index in [0.717, 1.165) is 18.7 Å². The van der Waals surface area contributed by atoms with Gasteiger partial charge in [0.05, 0.1) is 0 Å². The van der Waals surface area contributed by atoms with E-state index < -0.39 is 0 Å². The second-order valence-corrected chi connectivity index (χ2v) is 7.92. The number of nitrogens with zero attached hydrogens (tertiary/aromatic N) is 2. The smallest absolute Gasteiger partial charge is 0.271 e. The van der Waals surface area contributed by atoms with Crippen LogP contribution >= 0.6 is 11.3 Å². The zero-order valence-electron chi connectivity index (χ0n) is 14.0. The molecule has 132 valence electrons. The van der Waals surface area contributed by atoms with Gasteiger partial charge in [-0.3, -0.25) is 4.79 Å². The average Bonchev–Trinajstić information content (AvgIpc) is 3.05. The second-order valence-electron chi connectivity index (χ2n) is 7.06. The van der Waals surface area contributed by atoms with Crippen LogP contribution in [0.25, 0.3) is 0 Å². The van der Waals surface area contributed by atoms with Crippen LogP contribution in [0.15, 0.2) is 29.8 Å². The van der Waals surface area contributed by atoms with Crippen LogP contribution in [0.3, 0.4) is 0 Å². The van der Waals surface area contributed by atoms with Gasteiger partial charge in [-0.05, 0) is 49.7 Å². The number of pyridine rings is 1. The Bertz CT molecular complexity index is 720. The molecule has 0 aliphatic heterocycles. The van der Waals surface area contributed by atoms with Crippen molar-refractivity contribution in [3.05, 3.63) is 35.5 Å². The van der Waals surface area contributed by atoms with Gasteiger partial charge in [0.1, 0.15) is 11.5 Å². The van der Waals surface area contributed by atoms with E-state index in [1.807, 2.05) is 18.2 Å². The van der Waals surface area contributed by atoms with Crippen LogP contribution in [0.4, 0.5) is 10.9 Å². The fraction of sp³-hybridized carbons (Fsp3) is 0.500. The van der Waals surface area contributed by atoms with Gasteiger partial charge in [0.2, 0.25) is 0 Å². The molecule has 4 rings (SSSR count). The highest BCUT2D eigenvalue weighted by Crippen LogP contribution is 2.39. The zero-order chi connectivity index (χ0) is 17.2. The summed E-state index contributed by atoms with van der Waals surface area (Å²) >= 11 is 1.41. The van der Waals surface area contributed by atoms with Crippen molar-refractivity contribution < 1.29 is 4.79 Å². The third-order valence-electron chi connectivity index (χ3n) is 5.31. The number of amides is 1. The molecule has 1 amide bonds. The van der Waals surface area contributed by atoms with Crippen molar-refractivity contribution in [3.8, 4) is 0 Å². The molecule has 0 radical (unpaired) electrons. The monoisotopic (exact) mass is 357 g/mol. The summed E-state index contributed by atoms with van der Waals surface area (Å²) in [6, 6.07) is 6.17. The molecule has 2 bridgehead atoms. The largest absolute Gasteiger partial charge is 0.347 e. The average molecular weight is 357 g/mol.